The van der Waals surface area contributed by atoms with Gasteiger partial charge in [-0.2, -0.15) is 0 Å². The average molecular weight is 349 g/mol. The quantitative estimate of drug-likeness (QED) is 0.382. The number of hydrogen-bond donors (Lipinski definition) is 3. The molecule has 3 rings (SSSR count). The van der Waals surface area contributed by atoms with E-state index in [1.54, 1.807) is 24.3 Å². The van der Waals surface area contributed by atoms with Crippen molar-refractivity contribution in [1.82, 2.24) is 5.48 Å². The highest BCUT2D eigenvalue weighted by molar-refractivity contribution is 6.03. The zero-order chi connectivity index (χ0) is 18.5. The second kappa shape index (κ2) is 7.58. The number of amidine groups is 1. The summed E-state index contributed by atoms with van der Waals surface area (Å²) in [5, 5.41) is 9.42. The van der Waals surface area contributed by atoms with Gasteiger partial charge in [0.2, 0.25) is 0 Å². The van der Waals surface area contributed by atoms with Crippen LogP contribution in [0.5, 0.6) is 0 Å². The maximum absolute atomic E-state index is 14.6. The number of nitrogens with two attached hydrogens (primary N) is 1. The van der Waals surface area contributed by atoms with Crippen LogP contribution in [0.4, 0.5) is 10.1 Å². The summed E-state index contributed by atoms with van der Waals surface area (Å²) in [6.45, 7) is 0. The Morgan fingerprint density at radius 3 is 2.27 bits per heavy atom. The van der Waals surface area contributed by atoms with E-state index < -0.39 is 11.7 Å². The van der Waals surface area contributed by atoms with Crippen LogP contribution in [0, 0.1) is 5.82 Å². The molecule has 0 saturated carbocycles. The van der Waals surface area contributed by atoms with E-state index >= 15 is 0 Å². The van der Waals surface area contributed by atoms with Crippen LogP contribution in [-0.4, -0.2) is 17.0 Å². The highest BCUT2D eigenvalue weighted by Gasteiger charge is 2.13. The summed E-state index contributed by atoms with van der Waals surface area (Å²) >= 11 is 0. The molecule has 0 heterocycles. The number of para-hydroxylation sites is 1. The summed E-state index contributed by atoms with van der Waals surface area (Å²) in [5.74, 6) is -1.36. The van der Waals surface area contributed by atoms with Gasteiger partial charge in [0, 0.05) is 0 Å². The summed E-state index contributed by atoms with van der Waals surface area (Å²) in [6.07, 6.45) is 0. The number of carbonyl (C=O) groups excluding carboxylic acids is 1. The summed E-state index contributed by atoms with van der Waals surface area (Å²) < 4.78 is 14.6. The van der Waals surface area contributed by atoms with Crippen molar-refractivity contribution in [2.75, 3.05) is 0 Å². The van der Waals surface area contributed by atoms with Crippen molar-refractivity contribution in [1.29, 1.82) is 0 Å². The Hall–Kier alpha value is -3.51. The maximum Gasteiger partial charge on any atom is 0.250 e. The molecule has 4 N–H and O–H groups in total. The molecule has 0 atom stereocenters. The normalized spacial score (nSPS) is 11.2. The monoisotopic (exact) mass is 349 g/mol. The van der Waals surface area contributed by atoms with Gasteiger partial charge in [0.1, 0.15) is 5.82 Å². The number of carbonyl (C=O) groups is 1. The van der Waals surface area contributed by atoms with Gasteiger partial charge in [-0.3, -0.25) is 15.5 Å². The molecule has 1 amide bonds. The number of amides is 1. The van der Waals surface area contributed by atoms with Crippen molar-refractivity contribution < 1.29 is 14.4 Å². The number of hydroxylamine groups is 1. The molecule has 0 aliphatic heterocycles. The lowest BCUT2D eigenvalue weighted by Crippen LogP contribution is -2.22. The molecule has 5 nitrogen and oxygen atoms in total. The first-order valence-corrected chi connectivity index (χ1v) is 7.83. The molecule has 0 spiro atoms. The third kappa shape index (κ3) is 3.60. The van der Waals surface area contributed by atoms with E-state index in [1.165, 1.54) is 18.2 Å². The number of hydrogen-bond acceptors (Lipinski definition) is 3. The Labute approximate surface area is 149 Å². The predicted molar refractivity (Wildman–Crippen MR) is 97.9 cm³/mol. The Bertz CT molecular complexity index is 972. The zero-order valence-electron chi connectivity index (χ0n) is 13.7. The fourth-order valence-electron chi connectivity index (χ4n) is 2.56. The number of nitrogens with one attached hydrogen (secondary N) is 1. The van der Waals surface area contributed by atoms with E-state index in [0.717, 1.165) is 5.56 Å². The molecule has 0 aliphatic carbocycles. The van der Waals surface area contributed by atoms with Gasteiger partial charge in [0.15, 0.2) is 5.84 Å². The fraction of sp³-hybridized carbons (Fsp3) is 0. The van der Waals surface area contributed by atoms with Crippen molar-refractivity contribution in [2.45, 2.75) is 0 Å². The summed E-state index contributed by atoms with van der Waals surface area (Å²) in [4.78, 5) is 15.6. The van der Waals surface area contributed by atoms with Gasteiger partial charge in [-0.05, 0) is 35.4 Å². The Balaban J connectivity index is 2.03. The van der Waals surface area contributed by atoms with Crippen LogP contribution in [0.1, 0.15) is 15.9 Å². The zero-order valence-corrected chi connectivity index (χ0v) is 13.7. The van der Waals surface area contributed by atoms with E-state index in [1.807, 2.05) is 35.8 Å². The fourth-order valence-corrected chi connectivity index (χ4v) is 2.56. The van der Waals surface area contributed by atoms with E-state index in [0.29, 0.717) is 5.56 Å². The Kier molecular flexibility index (Phi) is 5.05. The number of halogens is 1. The number of rotatable bonds is 4. The highest BCUT2D eigenvalue weighted by atomic mass is 19.1. The van der Waals surface area contributed by atoms with Gasteiger partial charge >= 0.3 is 0 Å². The first kappa shape index (κ1) is 17.3. The number of primary amides is 1. The minimum atomic E-state index is -0.665. The lowest BCUT2D eigenvalue weighted by Gasteiger charge is -2.10. The SMILES string of the molecule is NC(=O)c1ccccc1N=C(NO)c1ccc(-c2ccccc2)cc1F. The van der Waals surface area contributed by atoms with Crippen molar-refractivity contribution >= 4 is 17.4 Å². The van der Waals surface area contributed by atoms with Crippen LogP contribution in [0.15, 0.2) is 77.8 Å². The number of aliphatic imine (C=N–C) groups is 1. The molecule has 3 aromatic carbocycles. The molecule has 26 heavy (non-hydrogen) atoms. The molecule has 0 aromatic heterocycles. The highest BCUT2D eigenvalue weighted by Crippen LogP contribution is 2.24. The molecule has 0 bridgehead atoms. The number of benzene rings is 3. The van der Waals surface area contributed by atoms with Gasteiger partial charge in [0.05, 0.1) is 16.8 Å². The molecular weight excluding hydrogens is 333 g/mol. The largest absolute Gasteiger partial charge is 0.366 e. The van der Waals surface area contributed by atoms with Gasteiger partial charge in [-0.1, -0.05) is 48.5 Å². The van der Waals surface area contributed by atoms with Crippen molar-refractivity contribution in [3.8, 4) is 11.1 Å². The summed E-state index contributed by atoms with van der Waals surface area (Å²) in [7, 11) is 0. The first-order chi connectivity index (χ1) is 12.6. The Morgan fingerprint density at radius 2 is 1.62 bits per heavy atom. The molecule has 0 radical (unpaired) electrons. The molecular formula is C20H16FN3O2. The van der Waals surface area contributed by atoms with E-state index in [4.69, 9.17) is 5.73 Å². The van der Waals surface area contributed by atoms with Crippen LogP contribution in [0.25, 0.3) is 11.1 Å². The van der Waals surface area contributed by atoms with Crippen LogP contribution >= 0.6 is 0 Å². The Morgan fingerprint density at radius 1 is 0.923 bits per heavy atom. The summed E-state index contributed by atoms with van der Waals surface area (Å²) in [5.41, 5.74) is 9.23. The minimum Gasteiger partial charge on any atom is -0.366 e. The van der Waals surface area contributed by atoms with E-state index in [2.05, 4.69) is 4.99 Å². The third-order valence-electron chi connectivity index (χ3n) is 3.84. The van der Waals surface area contributed by atoms with Crippen LogP contribution in [0.2, 0.25) is 0 Å². The second-order valence-electron chi connectivity index (χ2n) is 5.51. The molecule has 0 aliphatic rings. The lowest BCUT2D eigenvalue weighted by molar-refractivity contribution is 0.100. The smallest absolute Gasteiger partial charge is 0.250 e. The van der Waals surface area contributed by atoms with Gasteiger partial charge in [-0.25, -0.2) is 9.38 Å². The topological polar surface area (TPSA) is 87.7 Å². The van der Waals surface area contributed by atoms with Crippen LogP contribution in [-0.2, 0) is 0 Å². The van der Waals surface area contributed by atoms with Gasteiger partial charge < -0.3 is 5.73 Å². The molecule has 3 aromatic rings. The first-order valence-electron chi connectivity index (χ1n) is 7.83. The molecule has 130 valence electrons. The van der Waals surface area contributed by atoms with E-state index in [-0.39, 0.29) is 22.6 Å². The third-order valence-corrected chi connectivity index (χ3v) is 3.84. The lowest BCUT2D eigenvalue weighted by atomic mass is 10.0. The second-order valence-corrected chi connectivity index (χ2v) is 5.51. The van der Waals surface area contributed by atoms with Crippen LogP contribution in [0.3, 0.4) is 0 Å². The van der Waals surface area contributed by atoms with Crippen LogP contribution < -0.4 is 11.2 Å². The maximum atomic E-state index is 14.6. The summed E-state index contributed by atoms with van der Waals surface area (Å²) in [6, 6.07) is 20.3. The standard InChI is InChI=1S/C20H16FN3O2/c21-17-12-14(13-6-2-1-3-7-13)10-11-15(17)20(24-26)23-18-9-5-4-8-16(18)19(22)25/h1-12,26H,(H2,22,25)(H,23,24). The molecule has 0 fully saturated rings. The average Bonchev–Trinajstić information content (AvgIpc) is 2.67. The van der Waals surface area contributed by atoms with Gasteiger partial charge in [0.25, 0.3) is 5.91 Å². The van der Waals surface area contributed by atoms with Crippen molar-refractivity contribution in [3.63, 3.8) is 0 Å². The van der Waals surface area contributed by atoms with Gasteiger partial charge in [-0.15, -0.1) is 0 Å². The van der Waals surface area contributed by atoms with Crippen molar-refractivity contribution in [2.24, 2.45) is 10.7 Å². The molecule has 0 unspecified atom stereocenters. The van der Waals surface area contributed by atoms with Crippen molar-refractivity contribution in [3.05, 3.63) is 89.7 Å². The minimum absolute atomic E-state index is 0.0615. The predicted octanol–water partition coefficient (Wildman–Crippen LogP) is 3.65. The number of nitrogens with zero attached hydrogens (tertiary/aromatic N) is 1. The molecule has 0 saturated heterocycles. The molecule has 6 heteroatoms. The van der Waals surface area contributed by atoms with E-state index in [9.17, 15) is 14.4 Å².